The third-order valence-electron chi connectivity index (χ3n) is 3.52. The standard InChI is InChI=1S/C14H21N3.HI/c1-11-4-6-12(7-5-11)17-13(15)16-10-14(2)8-3-9-14;/h4-7H,3,8-10H2,1-2H3,(H3,15,16,17);1H. The number of benzene rings is 1. The molecule has 100 valence electrons. The van der Waals surface area contributed by atoms with Gasteiger partial charge >= 0.3 is 0 Å². The van der Waals surface area contributed by atoms with Crippen molar-refractivity contribution in [1.82, 2.24) is 0 Å². The fourth-order valence-electron chi connectivity index (χ4n) is 2.04. The maximum Gasteiger partial charge on any atom is 0.193 e. The fourth-order valence-corrected chi connectivity index (χ4v) is 2.04. The summed E-state index contributed by atoms with van der Waals surface area (Å²) >= 11 is 0. The molecule has 1 aromatic rings. The number of hydrogen-bond donors (Lipinski definition) is 2. The van der Waals surface area contributed by atoms with E-state index in [0.717, 1.165) is 12.2 Å². The second-order valence-corrected chi connectivity index (χ2v) is 5.36. The van der Waals surface area contributed by atoms with Crippen LogP contribution in [-0.4, -0.2) is 12.5 Å². The number of anilines is 1. The first kappa shape index (κ1) is 15.3. The Morgan fingerprint density at radius 3 is 2.44 bits per heavy atom. The van der Waals surface area contributed by atoms with Crippen LogP contribution in [0.1, 0.15) is 31.7 Å². The molecular weight excluding hydrogens is 337 g/mol. The fraction of sp³-hybridized carbons (Fsp3) is 0.500. The second kappa shape index (κ2) is 6.41. The number of nitrogens with one attached hydrogen (secondary N) is 1. The minimum absolute atomic E-state index is 0. The van der Waals surface area contributed by atoms with Crippen LogP contribution in [0.2, 0.25) is 0 Å². The monoisotopic (exact) mass is 359 g/mol. The molecule has 18 heavy (non-hydrogen) atoms. The van der Waals surface area contributed by atoms with E-state index in [9.17, 15) is 0 Å². The van der Waals surface area contributed by atoms with E-state index in [1.165, 1.54) is 24.8 Å². The molecule has 0 aromatic heterocycles. The Hall–Kier alpha value is -0.780. The molecule has 1 saturated carbocycles. The zero-order valence-corrected chi connectivity index (χ0v) is 13.4. The van der Waals surface area contributed by atoms with Crippen LogP contribution in [0.5, 0.6) is 0 Å². The summed E-state index contributed by atoms with van der Waals surface area (Å²) in [6, 6.07) is 8.15. The van der Waals surface area contributed by atoms with E-state index in [0.29, 0.717) is 11.4 Å². The van der Waals surface area contributed by atoms with Crippen LogP contribution in [-0.2, 0) is 0 Å². The lowest BCUT2D eigenvalue weighted by atomic mass is 9.71. The van der Waals surface area contributed by atoms with Gasteiger partial charge < -0.3 is 11.1 Å². The van der Waals surface area contributed by atoms with Crippen molar-refractivity contribution >= 4 is 35.6 Å². The lowest BCUT2D eigenvalue weighted by molar-refractivity contribution is 0.174. The Bertz CT molecular complexity index is 408. The molecule has 1 aliphatic carbocycles. The summed E-state index contributed by atoms with van der Waals surface area (Å²) in [5, 5.41) is 3.12. The molecule has 0 saturated heterocycles. The van der Waals surface area contributed by atoms with Gasteiger partial charge in [-0.3, -0.25) is 4.99 Å². The van der Waals surface area contributed by atoms with E-state index < -0.39 is 0 Å². The molecule has 1 fully saturated rings. The first-order chi connectivity index (χ1) is 8.07. The number of halogens is 1. The quantitative estimate of drug-likeness (QED) is 0.493. The molecule has 1 aliphatic rings. The van der Waals surface area contributed by atoms with Crippen LogP contribution in [0.3, 0.4) is 0 Å². The van der Waals surface area contributed by atoms with Crippen molar-refractivity contribution in [3.8, 4) is 0 Å². The molecule has 0 atom stereocenters. The SMILES string of the molecule is Cc1ccc(NC(N)=NCC2(C)CCC2)cc1.I. The molecule has 0 spiro atoms. The van der Waals surface area contributed by atoms with Gasteiger partial charge in [0.25, 0.3) is 0 Å². The summed E-state index contributed by atoms with van der Waals surface area (Å²) in [6.07, 6.45) is 3.87. The van der Waals surface area contributed by atoms with E-state index in [1.807, 2.05) is 12.1 Å². The summed E-state index contributed by atoms with van der Waals surface area (Å²) < 4.78 is 0. The van der Waals surface area contributed by atoms with Crippen LogP contribution >= 0.6 is 24.0 Å². The van der Waals surface area contributed by atoms with Crippen LogP contribution in [0.15, 0.2) is 29.3 Å². The van der Waals surface area contributed by atoms with Crippen molar-refractivity contribution in [3.05, 3.63) is 29.8 Å². The Kier molecular flexibility index (Phi) is 5.44. The van der Waals surface area contributed by atoms with Gasteiger partial charge in [0.2, 0.25) is 0 Å². The van der Waals surface area contributed by atoms with Crippen LogP contribution < -0.4 is 11.1 Å². The Balaban J connectivity index is 0.00000162. The summed E-state index contributed by atoms with van der Waals surface area (Å²) in [5.41, 5.74) is 8.50. The highest BCUT2D eigenvalue weighted by molar-refractivity contribution is 14.0. The van der Waals surface area contributed by atoms with Crippen molar-refractivity contribution in [1.29, 1.82) is 0 Å². The van der Waals surface area contributed by atoms with E-state index in [1.54, 1.807) is 0 Å². The van der Waals surface area contributed by atoms with Gasteiger partial charge in [0.1, 0.15) is 0 Å². The lowest BCUT2D eigenvalue weighted by Crippen LogP contribution is -2.31. The summed E-state index contributed by atoms with van der Waals surface area (Å²) in [4.78, 5) is 4.42. The number of rotatable bonds is 3. The molecule has 0 heterocycles. The van der Waals surface area contributed by atoms with Gasteiger partial charge in [0, 0.05) is 12.2 Å². The van der Waals surface area contributed by atoms with Crippen molar-refractivity contribution in [2.24, 2.45) is 16.1 Å². The summed E-state index contributed by atoms with van der Waals surface area (Å²) in [6.45, 7) is 5.18. The third kappa shape index (κ3) is 4.15. The van der Waals surface area contributed by atoms with E-state index in [4.69, 9.17) is 5.73 Å². The zero-order chi connectivity index (χ0) is 12.3. The maximum atomic E-state index is 5.87. The molecule has 0 aliphatic heterocycles. The van der Waals surface area contributed by atoms with Gasteiger partial charge in [-0.05, 0) is 37.3 Å². The minimum Gasteiger partial charge on any atom is -0.370 e. The van der Waals surface area contributed by atoms with E-state index in [2.05, 4.69) is 36.3 Å². The molecule has 2 rings (SSSR count). The van der Waals surface area contributed by atoms with E-state index in [-0.39, 0.29) is 24.0 Å². The highest BCUT2D eigenvalue weighted by Gasteiger charge is 2.31. The average Bonchev–Trinajstić information content (AvgIpc) is 2.27. The highest BCUT2D eigenvalue weighted by Crippen LogP contribution is 2.40. The molecule has 0 unspecified atom stereocenters. The number of aryl methyl sites for hydroxylation is 1. The van der Waals surface area contributed by atoms with Gasteiger partial charge in [-0.1, -0.05) is 31.0 Å². The van der Waals surface area contributed by atoms with Gasteiger partial charge in [-0.15, -0.1) is 24.0 Å². The molecule has 1 aromatic carbocycles. The summed E-state index contributed by atoms with van der Waals surface area (Å²) in [5.74, 6) is 0.516. The van der Waals surface area contributed by atoms with Crippen molar-refractivity contribution in [2.45, 2.75) is 33.1 Å². The van der Waals surface area contributed by atoms with Gasteiger partial charge in [0.05, 0.1) is 0 Å². The lowest BCUT2D eigenvalue weighted by Gasteiger charge is -2.36. The Morgan fingerprint density at radius 2 is 1.94 bits per heavy atom. The molecule has 0 bridgehead atoms. The van der Waals surface area contributed by atoms with Crippen LogP contribution in [0.25, 0.3) is 0 Å². The number of aliphatic imine (C=N–C) groups is 1. The zero-order valence-electron chi connectivity index (χ0n) is 11.1. The maximum absolute atomic E-state index is 5.87. The predicted octanol–water partition coefficient (Wildman–Crippen LogP) is 3.53. The van der Waals surface area contributed by atoms with Crippen molar-refractivity contribution in [2.75, 3.05) is 11.9 Å². The Labute approximate surface area is 126 Å². The number of nitrogens with zero attached hydrogens (tertiary/aromatic N) is 1. The first-order valence-electron chi connectivity index (χ1n) is 6.21. The normalized spacial score (nSPS) is 17.6. The minimum atomic E-state index is 0. The molecule has 3 nitrogen and oxygen atoms in total. The highest BCUT2D eigenvalue weighted by atomic mass is 127. The molecular formula is C14H22IN3. The molecule has 0 radical (unpaired) electrons. The van der Waals surface area contributed by atoms with Crippen LogP contribution in [0, 0.1) is 12.3 Å². The largest absolute Gasteiger partial charge is 0.370 e. The number of guanidine groups is 1. The first-order valence-corrected chi connectivity index (χ1v) is 6.21. The average molecular weight is 359 g/mol. The van der Waals surface area contributed by atoms with Crippen molar-refractivity contribution < 1.29 is 0 Å². The third-order valence-corrected chi connectivity index (χ3v) is 3.52. The molecule has 3 N–H and O–H groups in total. The van der Waals surface area contributed by atoms with E-state index >= 15 is 0 Å². The summed E-state index contributed by atoms with van der Waals surface area (Å²) in [7, 11) is 0. The van der Waals surface area contributed by atoms with Gasteiger partial charge in [0.15, 0.2) is 5.96 Å². The topological polar surface area (TPSA) is 50.4 Å². The Morgan fingerprint density at radius 1 is 1.33 bits per heavy atom. The number of nitrogens with two attached hydrogens (primary N) is 1. The molecule has 0 amide bonds. The van der Waals surface area contributed by atoms with Gasteiger partial charge in [-0.2, -0.15) is 0 Å². The van der Waals surface area contributed by atoms with Crippen molar-refractivity contribution in [3.63, 3.8) is 0 Å². The second-order valence-electron chi connectivity index (χ2n) is 5.36. The van der Waals surface area contributed by atoms with Crippen LogP contribution in [0.4, 0.5) is 5.69 Å². The predicted molar refractivity (Wildman–Crippen MR) is 88.7 cm³/mol. The smallest absolute Gasteiger partial charge is 0.193 e. The van der Waals surface area contributed by atoms with Gasteiger partial charge in [-0.25, -0.2) is 0 Å². The number of hydrogen-bond acceptors (Lipinski definition) is 1. The molecule has 4 heteroatoms.